The second kappa shape index (κ2) is 6.92. The highest BCUT2D eigenvalue weighted by atomic mass is 16.5. The van der Waals surface area contributed by atoms with Crippen molar-refractivity contribution in [1.29, 1.82) is 0 Å². The van der Waals surface area contributed by atoms with Crippen LogP contribution in [0.1, 0.15) is 39.0 Å². The van der Waals surface area contributed by atoms with Gasteiger partial charge >= 0.3 is 12.0 Å². The molecule has 20 heavy (non-hydrogen) atoms. The Morgan fingerprint density at radius 3 is 2.70 bits per heavy atom. The van der Waals surface area contributed by atoms with Crippen molar-refractivity contribution >= 4 is 12.0 Å². The lowest BCUT2D eigenvalue weighted by atomic mass is 9.89. The molecule has 2 rings (SSSR count). The summed E-state index contributed by atoms with van der Waals surface area (Å²) >= 11 is 0. The Morgan fingerprint density at radius 1 is 1.30 bits per heavy atom. The third-order valence-corrected chi connectivity index (χ3v) is 4.33. The van der Waals surface area contributed by atoms with Gasteiger partial charge in [-0.05, 0) is 38.5 Å². The first-order valence-electron chi connectivity index (χ1n) is 7.49. The topological polar surface area (TPSA) is 87.7 Å². The van der Waals surface area contributed by atoms with E-state index in [1.54, 1.807) is 0 Å². The lowest BCUT2D eigenvalue weighted by Crippen LogP contribution is -2.51. The molecule has 0 radical (unpaired) electrons. The van der Waals surface area contributed by atoms with E-state index in [4.69, 9.17) is 9.84 Å². The molecule has 0 saturated heterocycles. The molecular formula is C14H24N2O4. The standard InChI is InChI=1S/C14H24N2O4/c1-2-20-11-6-10(7-11)16-14(19)15-8-9-4-3-5-12(9)13(17)18/h9-12H,2-8H2,1H3,(H,17,18)(H2,15,16,19). The Hall–Kier alpha value is -1.30. The summed E-state index contributed by atoms with van der Waals surface area (Å²) in [5.41, 5.74) is 0. The third-order valence-electron chi connectivity index (χ3n) is 4.33. The molecule has 2 fully saturated rings. The van der Waals surface area contributed by atoms with Gasteiger partial charge in [-0.15, -0.1) is 0 Å². The highest BCUT2D eigenvalue weighted by Gasteiger charge is 2.34. The zero-order valence-electron chi connectivity index (χ0n) is 11.9. The van der Waals surface area contributed by atoms with Gasteiger partial charge in [0.05, 0.1) is 12.0 Å². The van der Waals surface area contributed by atoms with Gasteiger partial charge in [0.1, 0.15) is 0 Å². The van der Waals surface area contributed by atoms with Gasteiger partial charge in [0.2, 0.25) is 0 Å². The van der Waals surface area contributed by atoms with Gasteiger partial charge in [-0.25, -0.2) is 4.79 Å². The van der Waals surface area contributed by atoms with Gasteiger partial charge in [-0.2, -0.15) is 0 Å². The van der Waals surface area contributed by atoms with E-state index in [9.17, 15) is 9.59 Å². The lowest BCUT2D eigenvalue weighted by Gasteiger charge is -2.35. The number of rotatable bonds is 6. The van der Waals surface area contributed by atoms with Crippen LogP contribution in [0.5, 0.6) is 0 Å². The molecule has 2 unspecified atom stereocenters. The summed E-state index contributed by atoms with van der Waals surface area (Å²) in [5.74, 6) is -0.981. The maximum absolute atomic E-state index is 11.7. The summed E-state index contributed by atoms with van der Waals surface area (Å²) in [6.07, 6.45) is 4.54. The van der Waals surface area contributed by atoms with E-state index in [1.165, 1.54) is 0 Å². The predicted octanol–water partition coefficient (Wildman–Crippen LogP) is 1.35. The molecule has 0 aromatic heterocycles. The van der Waals surface area contributed by atoms with Crippen molar-refractivity contribution < 1.29 is 19.4 Å². The van der Waals surface area contributed by atoms with Crippen LogP contribution in [-0.2, 0) is 9.53 Å². The fraction of sp³-hybridized carbons (Fsp3) is 0.857. The van der Waals surface area contributed by atoms with Crippen LogP contribution in [0.4, 0.5) is 4.79 Å². The molecule has 2 atom stereocenters. The SMILES string of the molecule is CCOC1CC(NC(=O)NCC2CCCC2C(=O)O)C1. The Labute approximate surface area is 119 Å². The number of hydrogen-bond donors (Lipinski definition) is 3. The van der Waals surface area contributed by atoms with Crippen molar-refractivity contribution in [3.05, 3.63) is 0 Å². The van der Waals surface area contributed by atoms with E-state index < -0.39 is 5.97 Å². The molecule has 2 amide bonds. The summed E-state index contributed by atoms with van der Waals surface area (Å²) in [7, 11) is 0. The Bertz CT molecular complexity index is 355. The molecule has 0 spiro atoms. The molecule has 114 valence electrons. The fourth-order valence-electron chi connectivity index (χ4n) is 3.12. The van der Waals surface area contributed by atoms with Crippen LogP contribution in [-0.4, -0.2) is 42.4 Å². The summed E-state index contributed by atoms with van der Waals surface area (Å²) < 4.78 is 5.43. The molecule has 2 saturated carbocycles. The van der Waals surface area contributed by atoms with Gasteiger partial charge in [0.25, 0.3) is 0 Å². The predicted molar refractivity (Wildman–Crippen MR) is 73.4 cm³/mol. The van der Waals surface area contributed by atoms with Crippen molar-refractivity contribution in [2.75, 3.05) is 13.2 Å². The average molecular weight is 284 g/mol. The molecule has 3 N–H and O–H groups in total. The quantitative estimate of drug-likeness (QED) is 0.687. The number of carboxylic acid groups (broad SMARTS) is 1. The summed E-state index contributed by atoms with van der Waals surface area (Å²) in [6.45, 7) is 3.13. The van der Waals surface area contributed by atoms with Crippen LogP contribution in [0.15, 0.2) is 0 Å². The monoisotopic (exact) mass is 284 g/mol. The number of nitrogens with one attached hydrogen (secondary N) is 2. The number of amides is 2. The number of carbonyl (C=O) groups is 2. The second-order valence-corrected chi connectivity index (χ2v) is 5.74. The molecule has 0 aromatic rings. The number of aliphatic carboxylic acids is 1. The van der Waals surface area contributed by atoms with Gasteiger partial charge in [0.15, 0.2) is 0 Å². The van der Waals surface area contributed by atoms with Crippen molar-refractivity contribution in [3.63, 3.8) is 0 Å². The average Bonchev–Trinajstić information content (AvgIpc) is 2.82. The Balaban J connectivity index is 1.62. The minimum Gasteiger partial charge on any atom is -0.481 e. The van der Waals surface area contributed by atoms with Crippen molar-refractivity contribution in [2.24, 2.45) is 11.8 Å². The van der Waals surface area contributed by atoms with Crippen molar-refractivity contribution in [3.8, 4) is 0 Å². The normalized spacial score (nSPS) is 32.5. The molecular weight excluding hydrogens is 260 g/mol. The van der Waals surface area contributed by atoms with Crippen LogP contribution in [0.3, 0.4) is 0 Å². The first kappa shape index (κ1) is 15.1. The van der Waals surface area contributed by atoms with Gasteiger partial charge in [-0.1, -0.05) is 6.42 Å². The van der Waals surface area contributed by atoms with E-state index in [0.29, 0.717) is 13.2 Å². The van der Waals surface area contributed by atoms with Crippen LogP contribution in [0, 0.1) is 11.8 Å². The molecule has 2 aliphatic rings. The highest BCUT2D eigenvalue weighted by molar-refractivity contribution is 5.74. The van der Waals surface area contributed by atoms with E-state index in [1.807, 2.05) is 6.92 Å². The summed E-state index contributed by atoms with van der Waals surface area (Å²) in [4.78, 5) is 22.8. The highest BCUT2D eigenvalue weighted by Crippen LogP contribution is 2.31. The first-order chi connectivity index (χ1) is 9.60. The number of carboxylic acids is 1. The number of hydrogen-bond acceptors (Lipinski definition) is 3. The zero-order valence-corrected chi connectivity index (χ0v) is 11.9. The van der Waals surface area contributed by atoms with Crippen molar-refractivity contribution in [1.82, 2.24) is 10.6 Å². The minimum absolute atomic E-state index is 0.0656. The van der Waals surface area contributed by atoms with Crippen LogP contribution in [0.2, 0.25) is 0 Å². The van der Waals surface area contributed by atoms with Gasteiger partial charge < -0.3 is 20.5 Å². The number of urea groups is 1. The lowest BCUT2D eigenvalue weighted by molar-refractivity contribution is -0.142. The largest absolute Gasteiger partial charge is 0.481 e. The minimum atomic E-state index is -0.742. The van der Waals surface area contributed by atoms with E-state index in [0.717, 1.165) is 32.1 Å². The molecule has 2 aliphatic carbocycles. The molecule has 0 aliphatic heterocycles. The van der Waals surface area contributed by atoms with E-state index in [-0.39, 0.29) is 30.0 Å². The summed E-state index contributed by atoms with van der Waals surface area (Å²) in [5, 5.41) is 14.8. The zero-order chi connectivity index (χ0) is 14.5. The van der Waals surface area contributed by atoms with Gasteiger partial charge in [-0.3, -0.25) is 4.79 Å². The van der Waals surface area contributed by atoms with E-state index in [2.05, 4.69) is 10.6 Å². The second-order valence-electron chi connectivity index (χ2n) is 5.74. The molecule has 6 nitrogen and oxygen atoms in total. The van der Waals surface area contributed by atoms with Crippen LogP contribution >= 0.6 is 0 Å². The van der Waals surface area contributed by atoms with Crippen LogP contribution in [0.25, 0.3) is 0 Å². The smallest absolute Gasteiger partial charge is 0.315 e. The summed E-state index contributed by atoms with van der Waals surface area (Å²) in [6, 6.07) is -0.00798. The maximum atomic E-state index is 11.7. The van der Waals surface area contributed by atoms with Crippen LogP contribution < -0.4 is 10.6 Å². The Kier molecular flexibility index (Phi) is 5.23. The van der Waals surface area contributed by atoms with Gasteiger partial charge in [0, 0.05) is 19.2 Å². The molecule has 6 heteroatoms. The number of ether oxygens (including phenoxy) is 1. The number of carbonyl (C=O) groups excluding carboxylic acids is 1. The van der Waals surface area contributed by atoms with Crippen molar-refractivity contribution in [2.45, 2.75) is 51.2 Å². The molecule has 0 aromatic carbocycles. The molecule has 0 heterocycles. The Morgan fingerprint density at radius 2 is 2.05 bits per heavy atom. The fourth-order valence-corrected chi connectivity index (χ4v) is 3.12. The maximum Gasteiger partial charge on any atom is 0.315 e. The van der Waals surface area contributed by atoms with E-state index >= 15 is 0 Å². The third kappa shape index (κ3) is 3.85. The molecule has 0 bridgehead atoms. The first-order valence-corrected chi connectivity index (χ1v) is 7.49.